The van der Waals surface area contributed by atoms with E-state index >= 15 is 0 Å². The molecule has 0 saturated heterocycles. The van der Waals surface area contributed by atoms with Crippen molar-refractivity contribution < 1.29 is 19.1 Å². The molecule has 21 heavy (non-hydrogen) atoms. The van der Waals surface area contributed by atoms with E-state index < -0.39 is 11.9 Å². The Morgan fingerprint density at radius 1 is 1.38 bits per heavy atom. The summed E-state index contributed by atoms with van der Waals surface area (Å²) in [6.45, 7) is 2.00. The Bertz CT molecular complexity index is 562. The number of carbonyl (C=O) groups is 2. The molecule has 3 amide bonds. The fourth-order valence-electron chi connectivity index (χ4n) is 1.38. The SMILES string of the molecule is CCOc1cc(C=NNC(N)=O)cc(I)c1OCC(N)=O. The monoisotopic (exact) mass is 406 g/mol. The molecule has 0 saturated carbocycles. The number of urea groups is 1. The quantitative estimate of drug-likeness (QED) is 0.347. The smallest absolute Gasteiger partial charge is 0.332 e. The highest BCUT2D eigenvalue weighted by atomic mass is 127. The second kappa shape index (κ2) is 8.29. The van der Waals surface area contributed by atoms with Crippen LogP contribution in [0.25, 0.3) is 0 Å². The van der Waals surface area contributed by atoms with Gasteiger partial charge in [-0.1, -0.05) is 0 Å². The number of nitrogens with two attached hydrogens (primary N) is 2. The lowest BCUT2D eigenvalue weighted by atomic mass is 10.2. The molecule has 8 nitrogen and oxygen atoms in total. The molecule has 0 atom stereocenters. The summed E-state index contributed by atoms with van der Waals surface area (Å²) in [5, 5.41) is 3.66. The van der Waals surface area contributed by atoms with E-state index in [2.05, 4.69) is 10.5 Å². The summed E-state index contributed by atoms with van der Waals surface area (Å²) in [5.74, 6) is 0.298. The highest BCUT2D eigenvalue weighted by molar-refractivity contribution is 14.1. The van der Waals surface area contributed by atoms with Gasteiger partial charge in [0.15, 0.2) is 18.1 Å². The number of hydrogen-bond acceptors (Lipinski definition) is 5. The topological polar surface area (TPSA) is 129 Å². The Morgan fingerprint density at radius 2 is 2.10 bits per heavy atom. The molecular formula is C12H15IN4O4. The minimum atomic E-state index is -0.757. The molecule has 1 aromatic carbocycles. The van der Waals surface area contributed by atoms with E-state index in [-0.39, 0.29) is 6.61 Å². The summed E-state index contributed by atoms with van der Waals surface area (Å²) in [5.41, 5.74) is 12.7. The van der Waals surface area contributed by atoms with Crippen LogP contribution in [0.1, 0.15) is 12.5 Å². The van der Waals surface area contributed by atoms with Crippen molar-refractivity contribution in [2.45, 2.75) is 6.92 Å². The zero-order valence-electron chi connectivity index (χ0n) is 11.3. The molecule has 0 aromatic heterocycles. The van der Waals surface area contributed by atoms with Crippen LogP contribution in [0.4, 0.5) is 4.79 Å². The molecule has 114 valence electrons. The lowest BCUT2D eigenvalue weighted by molar-refractivity contribution is -0.119. The van der Waals surface area contributed by atoms with Crippen LogP contribution in [0.3, 0.4) is 0 Å². The van der Waals surface area contributed by atoms with E-state index in [0.717, 1.165) is 0 Å². The Morgan fingerprint density at radius 3 is 2.67 bits per heavy atom. The average molecular weight is 406 g/mol. The van der Waals surface area contributed by atoms with Gasteiger partial charge in [-0.05, 0) is 47.2 Å². The number of carbonyl (C=O) groups excluding carboxylic acids is 2. The maximum absolute atomic E-state index is 10.8. The zero-order chi connectivity index (χ0) is 15.8. The van der Waals surface area contributed by atoms with E-state index in [1.165, 1.54) is 6.21 Å². The summed E-state index contributed by atoms with van der Waals surface area (Å²) in [6.07, 6.45) is 1.41. The molecule has 0 radical (unpaired) electrons. The fourth-order valence-corrected chi connectivity index (χ4v) is 2.16. The maximum Gasteiger partial charge on any atom is 0.332 e. The molecule has 1 aromatic rings. The van der Waals surface area contributed by atoms with E-state index in [1.807, 2.05) is 29.5 Å². The molecule has 0 spiro atoms. The van der Waals surface area contributed by atoms with Gasteiger partial charge in [-0.2, -0.15) is 5.10 Å². The summed E-state index contributed by atoms with van der Waals surface area (Å²) < 4.78 is 11.5. The number of hydrazone groups is 1. The van der Waals surface area contributed by atoms with Crippen molar-refractivity contribution in [3.8, 4) is 11.5 Å². The van der Waals surface area contributed by atoms with Gasteiger partial charge in [0.1, 0.15) is 0 Å². The van der Waals surface area contributed by atoms with Gasteiger partial charge in [-0.3, -0.25) is 4.79 Å². The highest BCUT2D eigenvalue weighted by Gasteiger charge is 2.12. The molecule has 0 fully saturated rings. The molecule has 9 heteroatoms. The molecule has 0 aliphatic carbocycles. The Labute approximate surface area is 135 Å². The fraction of sp³-hybridized carbons (Fsp3) is 0.250. The number of ether oxygens (including phenoxy) is 2. The van der Waals surface area contributed by atoms with E-state index in [0.29, 0.717) is 27.2 Å². The summed E-state index contributed by atoms with van der Waals surface area (Å²) in [7, 11) is 0. The molecule has 0 unspecified atom stereocenters. The first-order valence-electron chi connectivity index (χ1n) is 5.90. The van der Waals surface area contributed by atoms with Crippen LogP contribution < -0.4 is 26.4 Å². The van der Waals surface area contributed by atoms with Crippen LogP contribution >= 0.6 is 22.6 Å². The lowest BCUT2D eigenvalue weighted by Crippen LogP contribution is -2.24. The third-order valence-corrected chi connectivity index (χ3v) is 2.88. The third kappa shape index (κ3) is 5.85. The van der Waals surface area contributed by atoms with Crippen LogP contribution in [-0.4, -0.2) is 31.4 Å². The Hall–Kier alpha value is -2.04. The maximum atomic E-state index is 10.8. The predicted octanol–water partition coefficient (Wildman–Crippen LogP) is 0.556. The first-order valence-corrected chi connectivity index (χ1v) is 6.97. The van der Waals surface area contributed by atoms with E-state index in [9.17, 15) is 9.59 Å². The van der Waals surface area contributed by atoms with Gasteiger partial charge in [-0.25, -0.2) is 10.2 Å². The number of nitrogens with one attached hydrogen (secondary N) is 1. The second-order valence-electron chi connectivity index (χ2n) is 3.75. The second-order valence-corrected chi connectivity index (χ2v) is 4.91. The standard InChI is InChI=1S/C12H15IN4O4/c1-2-20-9-4-7(5-16-17-12(15)19)3-8(13)11(9)21-6-10(14)18/h3-5H,2,6H2,1H3,(H2,14,18)(H3,15,17,19). The zero-order valence-corrected chi connectivity index (χ0v) is 13.4. The average Bonchev–Trinajstić information content (AvgIpc) is 2.37. The molecule has 0 bridgehead atoms. The van der Waals surface area contributed by atoms with Gasteiger partial charge in [0.05, 0.1) is 16.4 Å². The van der Waals surface area contributed by atoms with Crippen molar-refractivity contribution >= 4 is 40.7 Å². The minimum absolute atomic E-state index is 0.243. The lowest BCUT2D eigenvalue weighted by Gasteiger charge is -2.13. The third-order valence-electron chi connectivity index (χ3n) is 2.08. The summed E-state index contributed by atoms with van der Waals surface area (Å²) in [6, 6.07) is 2.65. The van der Waals surface area contributed by atoms with Crippen LogP contribution in [0.5, 0.6) is 11.5 Å². The number of nitrogens with zero attached hydrogens (tertiary/aromatic N) is 1. The van der Waals surface area contributed by atoms with Crippen LogP contribution in [-0.2, 0) is 4.79 Å². The number of halogens is 1. The number of rotatable bonds is 7. The first kappa shape index (κ1) is 17.0. The van der Waals surface area contributed by atoms with Crippen molar-refractivity contribution in [1.82, 2.24) is 5.43 Å². The number of benzene rings is 1. The van der Waals surface area contributed by atoms with Crippen LogP contribution in [0.15, 0.2) is 17.2 Å². The first-order chi connectivity index (χ1) is 9.93. The van der Waals surface area contributed by atoms with Gasteiger partial charge >= 0.3 is 6.03 Å². The molecule has 0 aliphatic heterocycles. The number of hydrogen-bond donors (Lipinski definition) is 3. The van der Waals surface area contributed by atoms with Crippen molar-refractivity contribution in [3.05, 3.63) is 21.3 Å². The van der Waals surface area contributed by atoms with Crippen LogP contribution in [0, 0.1) is 3.57 Å². The largest absolute Gasteiger partial charge is 0.490 e. The molecule has 1 rings (SSSR count). The van der Waals surface area contributed by atoms with Gasteiger partial charge < -0.3 is 20.9 Å². The van der Waals surface area contributed by atoms with Gasteiger partial charge in [0.25, 0.3) is 5.91 Å². The predicted molar refractivity (Wildman–Crippen MR) is 85.3 cm³/mol. The van der Waals surface area contributed by atoms with Crippen molar-refractivity contribution in [3.63, 3.8) is 0 Å². The van der Waals surface area contributed by atoms with Gasteiger partial charge in [0.2, 0.25) is 0 Å². The van der Waals surface area contributed by atoms with E-state index in [4.69, 9.17) is 20.9 Å². The number of amides is 3. The highest BCUT2D eigenvalue weighted by Crippen LogP contribution is 2.33. The van der Waals surface area contributed by atoms with Gasteiger partial charge in [-0.15, -0.1) is 0 Å². The van der Waals surface area contributed by atoms with Crippen LogP contribution in [0.2, 0.25) is 0 Å². The summed E-state index contributed by atoms with van der Waals surface area (Å²) in [4.78, 5) is 21.3. The van der Waals surface area contributed by atoms with Crippen molar-refractivity contribution in [2.75, 3.05) is 13.2 Å². The minimum Gasteiger partial charge on any atom is -0.490 e. The normalized spacial score (nSPS) is 10.4. The molecule has 5 N–H and O–H groups in total. The number of primary amides is 2. The Kier molecular flexibility index (Phi) is 6.72. The van der Waals surface area contributed by atoms with Gasteiger partial charge in [0, 0.05) is 0 Å². The van der Waals surface area contributed by atoms with E-state index in [1.54, 1.807) is 12.1 Å². The summed E-state index contributed by atoms with van der Waals surface area (Å²) >= 11 is 2.03. The molecule has 0 aliphatic rings. The molecule has 0 heterocycles. The van der Waals surface area contributed by atoms with Crippen molar-refractivity contribution in [1.29, 1.82) is 0 Å². The van der Waals surface area contributed by atoms with Crippen molar-refractivity contribution in [2.24, 2.45) is 16.6 Å². The molecular weight excluding hydrogens is 391 g/mol. The Balaban J connectivity index is 3.02.